The first-order chi connectivity index (χ1) is 9.33. The maximum atomic E-state index is 3.99. The first kappa shape index (κ1) is 12.4. The van der Waals surface area contributed by atoms with E-state index in [4.69, 9.17) is 0 Å². The largest absolute Gasteiger partial charge is 0.310 e. The van der Waals surface area contributed by atoms with Crippen molar-refractivity contribution in [1.29, 1.82) is 0 Å². The maximum absolute atomic E-state index is 3.99. The molecule has 0 saturated heterocycles. The fraction of sp³-hybridized carbons (Fsp3) is 0.467. The third-order valence-electron chi connectivity index (χ3n) is 4.02. The van der Waals surface area contributed by atoms with E-state index in [1.165, 1.54) is 24.8 Å². The average Bonchev–Trinajstić information content (AvgIpc) is 2.91. The molecule has 0 aliphatic heterocycles. The normalized spacial score (nSPS) is 17.1. The molecule has 0 bridgehead atoms. The molecule has 1 fully saturated rings. The third-order valence-corrected chi connectivity index (χ3v) is 4.02. The molecule has 1 aromatic heterocycles. The van der Waals surface area contributed by atoms with Gasteiger partial charge in [0.05, 0.1) is 18.1 Å². The summed E-state index contributed by atoms with van der Waals surface area (Å²) in [5.41, 5.74) is 2.37. The van der Waals surface area contributed by atoms with Gasteiger partial charge < -0.3 is 5.32 Å². The molecule has 1 aromatic carbocycles. The molecule has 0 amide bonds. The zero-order valence-electron chi connectivity index (χ0n) is 11.3. The van der Waals surface area contributed by atoms with Crippen molar-refractivity contribution in [1.82, 2.24) is 20.3 Å². The first-order valence-electron chi connectivity index (χ1n) is 7.03. The lowest BCUT2D eigenvalue weighted by molar-refractivity contribution is 0.292. The Morgan fingerprint density at radius 2 is 2.11 bits per heavy atom. The van der Waals surface area contributed by atoms with Gasteiger partial charge in [-0.25, -0.2) is 4.68 Å². The monoisotopic (exact) mass is 256 g/mol. The molecule has 4 heteroatoms. The summed E-state index contributed by atoms with van der Waals surface area (Å²) in [6.45, 7) is 3.37. The number of rotatable bonds is 5. The van der Waals surface area contributed by atoms with Gasteiger partial charge in [0.1, 0.15) is 0 Å². The Kier molecular flexibility index (Phi) is 3.60. The third kappa shape index (κ3) is 2.84. The summed E-state index contributed by atoms with van der Waals surface area (Å²) in [5.74, 6) is 0.900. The van der Waals surface area contributed by atoms with Crippen LogP contribution in [0.3, 0.4) is 0 Å². The zero-order valence-corrected chi connectivity index (χ0v) is 11.3. The van der Waals surface area contributed by atoms with Gasteiger partial charge in [-0.2, -0.15) is 0 Å². The van der Waals surface area contributed by atoms with Crippen molar-refractivity contribution in [2.75, 3.05) is 6.54 Å². The summed E-state index contributed by atoms with van der Waals surface area (Å²) in [6.07, 6.45) is 7.74. The fourth-order valence-corrected chi connectivity index (χ4v) is 2.42. The van der Waals surface area contributed by atoms with Crippen LogP contribution >= 0.6 is 0 Å². The number of nitrogens with one attached hydrogen (secondary N) is 1. The predicted octanol–water partition coefficient (Wildman–Crippen LogP) is 2.72. The number of aromatic nitrogens is 3. The van der Waals surface area contributed by atoms with E-state index in [0.29, 0.717) is 6.04 Å². The molecule has 4 nitrogen and oxygen atoms in total. The molecule has 1 aliphatic rings. The van der Waals surface area contributed by atoms with Crippen LogP contribution in [0.15, 0.2) is 36.7 Å². The highest BCUT2D eigenvalue weighted by atomic mass is 15.4. The molecular weight excluding hydrogens is 236 g/mol. The number of benzene rings is 1. The standard InChI is InChI=1S/C15H20N4/c1-12(16-11-13-3-2-4-13)14-5-7-15(8-6-14)19-10-9-17-18-19/h5-10,12-13,16H,2-4,11H2,1H3. The SMILES string of the molecule is CC(NCC1CCC1)c1ccc(-n2ccnn2)cc1. The molecule has 2 aromatic rings. The van der Waals surface area contributed by atoms with Crippen molar-refractivity contribution < 1.29 is 0 Å². The summed E-state index contributed by atoms with van der Waals surface area (Å²) >= 11 is 0. The molecule has 1 saturated carbocycles. The molecule has 100 valence electrons. The van der Waals surface area contributed by atoms with Gasteiger partial charge in [0.2, 0.25) is 0 Å². The minimum atomic E-state index is 0.408. The molecule has 1 unspecified atom stereocenters. The highest BCUT2D eigenvalue weighted by Crippen LogP contribution is 2.26. The highest BCUT2D eigenvalue weighted by molar-refractivity contribution is 5.34. The molecule has 19 heavy (non-hydrogen) atoms. The highest BCUT2D eigenvalue weighted by Gasteiger charge is 2.17. The minimum Gasteiger partial charge on any atom is -0.310 e. The van der Waals surface area contributed by atoms with Gasteiger partial charge in [0.15, 0.2) is 0 Å². The first-order valence-corrected chi connectivity index (χ1v) is 7.03. The summed E-state index contributed by atoms with van der Waals surface area (Å²) in [4.78, 5) is 0. The Morgan fingerprint density at radius 3 is 2.68 bits per heavy atom. The number of nitrogens with zero attached hydrogens (tertiary/aromatic N) is 3. The smallest absolute Gasteiger partial charge is 0.0697 e. The van der Waals surface area contributed by atoms with Gasteiger partial charge in [-0.3, -0.25) is 0 Å². The van der Waals surface area contributed by atoms with Crippen molar-refractivity contribution in [2.24, 2.45) is 5.92 Å². The summed E-state index contributed by atoms with van der Waals surface area (Å²) in [7, 11) is 0. The van der Waals surface area contributed by atoms with E-state index in [1.54, 1.807) is 10.9 Å². The van der Waals surface area contributed by atoms with E-state index < -0.39 is 0 Å². The van der Waals surface area contributed by atoms with Crippen LogP contribution in [0.2, 0.25) is 0 Å². The second-order valence-corrected chi connectivity index (χ2v) is 5.37. The van der Waals surface area contributed by atoms with Crippen molar-refractivity contribution in [3.05, 3.63) is 42.2 Å². The summed E-state index contributed by atoms with van der Waals surface area (Å²) < 4.78 is 1.77. The van der Waals surface area contributed by atoms with Crippen LogP contribution in [-0.2, 0) is 0 Å². The van der Waals surface area contributed by atoms with Gasteiger partial charge in [-0.05, 0) is 49.9 Å². The lowest BCUT2D eigenvalue weighted by atomic mass is 9.85. The zero-order chi connectivity index (χ0) is 13.1. The van der Waals surface area contributed by atoms with Crippen LogP contribution in [0, 0.1) is 5.92 Å². The van der Waals surface area contributed by atoms with E-state index >= 15 is 0 Å². The van der Waals surface area contributed by atoms with Crippen LogP contribution in [0.25, 0.3) is 5.69 Å². The van der Waals surface area contributed by atoms with E-state index in [-0.39, 0.29) is 0 Å². The molecular formula is C15H20N4. The van der Waals surface area contributed by atoms with E-state index in [0.717, 1.165) is 18.2 Å². The predicted molar refractivity (Wildman–Crippen MR) is 75.1 cm³/mol. The molecule has 1 aliphatic carbocycles. The van der Waals surface area contributed by atoms with Gasteiger partial charge in [0, 0.05) is 6.04 Å². The molecule has 0 radical (unpaired) electrons. The van der Waals surface area contributed by atoms with Gasteiger partial charge in [0.25, 0.3) is 0 Å². The molecule has 1 heterocycles. The molecule has 1 N–H and O–H groups in total. The van der Waals surface area contributed by atoms with Crippen LogP contribution in [0.4, 0.5) is 0 Å². The quantitative estimate of drug-likeness (QED) is 0.894. The molecule has 0 spiro atoms. The summed E-state index contributed by atoms with van der Waals surface area (Å²) in [5, 5.41) is 11.4. The summed E-state index contributed by atoms with van der Waals surface area (Å²) in [6, 6.07) is 8.91. The minimum absolute atomic E-state index is 0.408. The van der Waals surface area contributed by atoms with Crippen molar-refractivity contribution in [3.8, 4) is 5.69 Å². The van der Waals surface area contributed by atoms with Crippen molar-refractivity contribution >= 4 is 0 Å². The Hall–Kier alpha value is -1.68. The number of hydrogen-bond donors (Lipinski definition) is 1. The second-order valence-electron chi connectivity index (χ2n) is 5.37. The topological polar surface area (TPSA) is 42.7 Å². The van der Waals surface area contributed by atoms with Crippen LogP contribution in [0.1, 0.15) is 37.8 Å². The Morgan fingerprint density at radius 1 is 1.32 bits per heavy atom. The maximum Gasteiger partial charge on any atom is 0.0697 e. The lowest BCUT2D eigenvalue weighted by Crippen LogP contribution is -2.29. The second kappa shape index (κ2) is 5.53. The Balaban J connectivity index is 1.61. The lowest BCUT2D eigenvalue weighted by Gasteiger charge is -2.27. The van der Waals surface area contributed by atoms with E-state index in [9.17, 15) is 0 Å². The van der Waals surface area contributed by atoms with Crippen LogP contribution in [-0.4, -0.2) is 21.5 Å². The van der Waals surface area contributed by atoms with Gasteiger partial charge in [-0.1, -0.05) is 23.8 Å². The van der Waals surface area contributed by atoms with Crippen LogP contribution in [0.5, 0.6) is 0 Å². The van der Waals surface area contributed by atoms with Gasteiger partial charge in [-0.15, -0.1) is 5.10 Å². The fourth-order valence-electron chi connectivity index (χ4n) is 2.42. The number of hydrogen-bond acceptors (Lipinski definition) is 3. The van der Waals surface area contributed by atoms with Crippen molar-refractivity contribution in [3.63, 3.8) is 0 Å². The Bertz CT molecular complexity index is 499. The molecule has 3 rings (SSSR count). The Labute approximate surface area is 113 Å². The average molecular weight is 256 g/mol. The van der Waals surface area contributed by atoms with Crippen molar-refractivity contribution in [2.45, 2.75) is 32.2 Å². The molecule has 1 atom stereocenters. The van der Waals surface area contributed by atoms with E-state index in [1.807, 2.05) is 6.20 Å². The van der Waals surface area contributed by atoms with Crippen LogP contribution < -0.4 is 5.32 Å². The van der Waals surface area contributed by atoms with Gasteiger partial charge >= 0.3 is 0 Å². The van der Waals surface area contributed by atoms with E-state index in [2.05, 4.69) is 46.8 Å².